The predicted molar refractivity (Wildman–Crippen MR) is 45.9 cm³/mol. The van der Waals surface area contributed by atoms with Gasteiger partial charge in [-0.3, -0.25) is 4.79 Å². The van der Waals surface area contributed by atoms with Crippen LogP contribution in [0.1, 0.15) is 26.2 Å². The highest BCUT2D eigenvalue weighted by atomic mass is 35.5. The van der Waals surface area contributed by atoms with Gasteiger partial charge in [0.25, 0.3) is 0 Å². The Morgan fingerprint density at radius 2 is 2.36 bits per heavy atom. The highest BCUT2D eigenvalue weighted by Crippen LogP contribution is 2.07. The molecule has 0 bridgehead atoms. The molecule has 0 aromatic carbocycles. The molecule has 0 aromatic heterocycles. The number of hydrogen-bond donors (Lipinski definition) is 1. The van der Waals surface area contributed by atoms with Crippen molar-refractivity contribution in [1.82, 2.24) is 0 Å². The summed E-state index contributed by atoms with van der Waals surface area (Å²) in [6.07, 6.45) is 5.37. The molecule has 0 saturated carbocycles. The van der Waals surface area contributed by atoms with Gasteiger partial charge in [0.05, 0.1) is 5.38 Å². The summed E-state index contributed by atoms with van der Waals surface area (Å²) >= 11 is 5.75. The minimum absolute atomic E-state index is 0.133. The van der Waals surface area contributed by atoms with Crippen LogP contribution in [0.5, 0.6) is 0 Å². The second-order valence-electron chi connectivity index (χ2n) is 2.28. The van der Waals surface area contributed by atoms with E-state index < -0.39 is 5.97 Å². The van der Waals surface area contributed by atoms with E-state index in [0.717, 1.165) is 6.42 Å². The van der Waals surface area contributed by atoms with Gasteiger partial charge in [0, 0.05) is 6.42 Å². The van der Waals surface area contributed by atoms with Crippen LogP contribution in [0.2, 0.25) is 0 Å². The zero-order valence-corrected chi connectivity index (χ0v) is 7.34. The Morgan fingerprint density at radius 1 is 1.73 bits per heavy atom. The van der Waals surface area contributed by atoms with Crippen LogP contribution in [-0.2, 0) is 4.79 Å². The van der Waals surface area contributed by atoms with Crippen LogP contribution in [0.4, 0.5) is 0 Å². The number of carboxylic acid groups (broad SMARTS) is 1. The molecule has 0 amide bonds. The summed E-state index contributed by atoms with van der Waals surface area (Å²) in [4.78, 5) is 10.1. The Balaban J connectivity index is 3.44. The van der Waals surface area contributed by atoms with Gasteiger partial charge >= 0.3 is 5.97 Å². The maximum atomic E-state index is 10.1. The Kier molecular flexibility index (Phi) is 5.94. The highest BCUT2D eigenvalue weighted by molar-refractivity contribution is 6.21. The van der Waals surface area contributed by atoms with E-state index in [2.05, 4.69) is 0 Å². The van der Waals surface area contributed by atoms with E-state index in [-0.39, 0.29) is 11.8 Å². The smallest absolute Gasteiger partial charge is 0.303 e. The number of carboxylic acids is 1. The van der Waals surface area contributed by atoms with Gasteiger partial charge in [-0.05, 0) is 12.8 Å². The van der Waals surface area contributed by atoms with Gasteiger partial charge in [0.1, 0.15) is 0 Å². The van der Waals surface area contributed by atoms with E-state index in [0.29, 0.717) is 6.42 Å². The largest absolute Gasteiger partial charge is 0.481 e. The molecule has 11 heavy (non-hydrogen) atoms. The van der Waals surface area contributed by atoms with Gasteiger partial charge in [-0.15, -0.1) is 11.6 Å². The fourth-order valence-corrected chi connectivity index (χ4v) is 0.853. The molecule has 0 rings (SSSR count). The fraction of sp³-hybridized carbons (Fsp3) is 0.625. The van der Waals surface area contributed by atoms with Crippen molar-refractivity contribution in [3.05, 3.63) is 12.2 Å². The maximum absolute atomic E-state index is 10.1. The van der Waals surface area contributed by atoms with Crippen LogP contribution in [-0.4, -0.2) is 16.5 Å². The summed E-state index contributed by atoms with van der Waals surface area (Å²) in [6, 6.07) is 0. The molecular weight excluding hydrogens is 164 g/mol. The van der Waals surface area contributed by atoms with Crippen LogP contribution in [0.15, 0.2) is 12.2 Å². The molecule has 1 unspecified atom stereocenters. The lowest BCUT2D eigenvalue weighted by Gasteiger charge is -1.99. The average Bonchev–Trinajstić information content (AvgIpc) is 1.97. The molecule has 0 aliphatic carbocycles. The van der Waals surface area contributed by atoms with Crippen molar-refractivity contribution in [2.45, 2.75) is 31.6 Å². The molecule has 3 heteroatoms. The Morgan fingerprint density at radius 3 is 2.82 bits per heavy atom. The summed E-state index contributed by atoms with van der Waals surface area (Å²) in [7, 11) is 0. The molecule has 64 valence electrons. The zero-order valence-electron chi connectivity index (χ0n) is 6.59. The third kappa shape index (κ3) is 7.40. The monoisotopic (exact) mass is 176 g/mol. The molecule has 0 saturated heterocycles. The Hall–Kier alpha value is -0.500. The van der Waals surface area contributed by atoms with E-state index in [1.807, 2.05) is 19.1 Å². The third-order valence-electron chi connectivity index (χ3n) is 1.21. The van der Waals surface area contributed by atoms with Crippen LogP contribution in [0.3, 0.4) is 0 Å². The molecule has 1 atom stereocenters. The van der Waals surface area contributed by atoms with Crippen molar-refractivity contribution < 1.29 is 9.90 Å². The second-order valence-corrected chi connectivity index (χ2v) is 2.85. The van der Waals surface area contributed by atoms with Gasteiger partial charge in [0.2, 0.25) is 0 Å². The third-order valence-corrected chi connectivity index (χ3v) is 1.58. The zero-order chi connectivity index (χ0) is 8.69. The first-order valence-electron chi connectivity index (χ1n) is 3.69. The number of carbonyl (C=O) groups is 1. The predicted octanol–water partition coefficient (Wildman–Crippen LogP) is 2.42. The van der Waals surface area contributed by atoms with E-state index in [9.17, 15) is 4.79 Å². The summed E-state index contributed by atoms with van der Waals surface area (Å²) in [6.45, 7) is 2.01. The lowest BCUT2D eigenvalue weighted by Crippen LogP contribution is -2.00. The van der Waals surface area contributed by atoms with Crippen molar-refractivity contribution in [3.8, 4) is 0 Å². The molecule has 1 N–H and O–H groups in total. The molecule has 0 radical (unpaired) electrons. The standard InChI is InChI=1S/C8H13ClO2/c1-2-3-4-7(9)5-6-8(10)11/h3-4,7H,2,5-6H2,1H3,(H,10,11)/b4-3+. The van der Waals surface area contributed by atoms with Gasteiger partial charge < -0.3 is 5.11 Å². The quantitative estimate of drug-likeness (QED) is 0.516. The van der Waals surface area contributed by atoms with Crippen molar-refractivity contribution >= 4 is 17.6 Å². The lowest BCUT2D eigenvalue weighted by molar-refractivity contribution is -0.137. The van der Waals surface area contributed by atoms with Crippen molar-refractivity contribution in [2.75, 3.05) is 0 Å². The fourth-order valence-electron chi connectivity index (χ4n) is 0.641. The summed E-state index contributed by atoms with van der Waals surface area (Å²) < 4.78 is 0. The van der Waals surface area contributed by atoms with Crippen LogP contribution >= 0.6 is 11.6 Å². The Bertz CT molecular complexity index is 143. The number of allylic oxidation sites excluding steroid dienone is 2. The first-order chi connectivity index (χ1) is 5.16. The molecular formula is C8H13ClO2. The number of aliphatic carboxylic acids is 1. The summed E-state index contributed by atoms with van der Waals surface area (Å²) in [5, 5.41) is 8.17. The first kappa shape index (κ1) is 10.5. The maximum Gasteiger partial charge on any atom is 0.303 e. The molecule has 0 aromatic rings. The van der Waals surface area contributed by atoms with E-state index in [1.54, 1.807) is 0 Å². The van der Waals surface area contributed by atoms with Crippen LogP contribution in [0, 0.1) is 0 Å². The van der Waals surface area contributed by atoms with Gasteiger partial charge in [-0.2, -0.15) is 0 Å². The molecule has 2 nitrogen and oxygen atoms in total. The molecule has 0 aliphatic heterocycles. The topological polar surface area (TPSA) is 37.3 Å². The van der Waals surface area contributed by atoms with Crippen LogP contribution in [0.25, 0.3) is 0 Å². The number of halogens is 1. The highest BCUT2D eigenvalue weighted by Gasteiger charge is 2.02. The number of rotatable bonds is 5. The normalized spacial score (nSPS) is 13.6. The number of alkyl halides is 1. The van der Waals surface area contributed by atoms with Crippen LogP contribution < -0.4 is 0 Å². The van der Waals surface area contributed by atoms with E-state index >= 15 is 0 Å². The van der Waals surface area contributed by atoms with Gasteiger partial charge in [-0.1, -0.05) is 19.1 Å². The molecule has 0 fully saturated rings. The van der Waals surface area contributed by atoms with Crippen molar-refractivity contribution in [2.24, 2.45) is 0 Å². The molecule has 0 heterocycles. The first-order valence-corrected chi connectivity index (χ1v) is 4.13. The van der Waals surface area contributed by atoms with Crippen molar-refractivity contribution in [3.63, 3.8) is 0 Å². The summed E-state index contributed by atoms with van der Waals surface area (Å²) in [5.41, 5.74) is 0. The van der Waals surface area contributed by atoms with Gasteiger partial charge in [0.15, 0.2) is 0 Å². The van der Waals surface area contributed by atoms with E-state index in [4.69, 9.17) is 16.7 Å². The van der Waals surface area contributed by atoms with E-state index in [1.165, 1.54) is 0 Å². The average molecular weight is 177 g/mol. The summed E-state index contributed by atoms with van der Waals surface area (Å²) in [5.74, 6) is -0.791. The molecule has 0 aliphatic rings. The van der Waals surface area contributed by atoms with Gasteiger partial charge in [-0.25, -0.2) is 0 Å². The van der Waals surface area contributed by atoms with Crippen molar-refractivity contribution in [1.29, 1.82) is 0 Å². The Labute approximate surface area is 71.9 Å². The minimum Gasteiger partial charge on any atom is -0.481 e. The number of hydrogen-bond acceptors (Lipinski definition) is 1. The molecule has 0 spiro atoms. The minimum atomic E-state index is -0.791. The lowest BCUT2D eigenvalue weighted by atomic mass is 10.2. The second kappa shape index (κ2) is 6.23. The SMILES string of the molecule is CC/C=C/C(Cl)CCC(=O)O.